The van der Waals surface area contributed by atoms with Gasteiger partial charge in [0, 0.05) is 23.1 Å². The average molecular weight is 341 g/mol. The van der Waals surface area contributed by atoms with Crippen LogP contribution in [0.25, 0.3) is 5.69 Å². The molecule has 0 unspecified atom stereocenters. The number of carbonyl (C=O) groups is 1. The maximum atomic E-state index is 12.6. The molecule has 0 spiro atoms. The molecule has 2 aromatic heterocycles. The maximum Gasteiger partial charge on any atom is 0.259 e. The van der Waals surface area contributed by atoms with Crippen LogP contribution in [0.2, 0.25) is 5.02 Å². The fourth-order valence-electron chi connectivity index (χ4n) is 2.48. The number of pyridine rings is 1. The van der Waals surface area contributed by atoms with E-state index in [2.05, 4.69) is 22.3 Å². The number of rotatable bonds is 5. The number of carbonyl (C=O) groups excluding carboxylic acids is 1. The van der Waals surface area contributed by atoms with Crippen LogP contribution < -0.4 is 5.32 Å². The molecule has 2 heterocycles. The van der Waals surface area contributed by atoms with E-state index in [0.29, 0.717) is 16.3 Å². The smallest absolute Gasteiger partial charge is 0.259 e. The van der Waals surface area contributed by atoms with Gasteiger partial charge in [-0.1, -0.05) is 24.9 Å². The first-order chi connectivity index (χ1) is 11.7. The summed E-state index contributed by atoms with van der Waals surface area (Å²) in [6.07, 6.45) is 6.55. The van der Waals surface area contributed by atoms with Crippen LogP contribution in [-0.2, 0) is 6.42 Å². The third-order valence-corrected chi connectivity index (χ3v) is 3.86. The van der Waals surface area contributed by atoms with Crippen LogP contribution in [0.4, 0.5) is 5.69 Å². The quantitative estimate of drug-likeness (QED) is 0.759. The van der Waals surface area contributed by atoms with E-state index in [0.717, 1.165) is 24.2 Å². The van der Waals surface area contributed by atoms with E-state index in [1.54, 1.807) is 35.4 Å². The Morgan fingerprint density at radius 3 is 2.54 bits per heavy atom. The lowest BCUT2D eigenvalue weighted by molar-refractivity contribution is 0.102. The molecule has 0 aliphatic rings. The summed E-state index contributed by atoms with van der Waals surface area (Å²) < 4.78 is 1.79. The average Bonchev–Trinajstić information content (AvgIpc) is 3.01. The van der Waals surface area contributed by atoms with Crippen molar-refractivity contribution in [1.82, 2.24) is 14.8 Å². The number of aromatic nitrogens is 3. The maximum absolute atomic E-state index is 12.6. The van der Waals surface area contributed by atoms with Crippen LogP contribution in [0, 0.1) is 0 Å². The third-order valence-electron chi connectivity index (χ3n) is 3.61. The zero-order valence-corrected chi connectivity index (χ0v) is 14.0. The molecule has 5 nitrogen and oxygen atoms in total. The van der Waals surface area contributed by atoms with Gasteiger partial charge in [0.25, 0.3) is 5.91 Å². The number of benzene rings is 1. The number of nitrogens with one attached hydrogen (secondary N) is 1. The van der Waals surface area contributed by atoms with Crippen molar-refractivity contribution in [3.63, 3.8) is 0 Å². The summed E-state index contributed by atoms with van der Waals surface area (Å²) in [6, 6.07) is 10.9. The van der Waals surface area contributed by atoms with Gasteiger partial charge in [0.05, 0.1) is 23.1 Å². The van der Waals surface area contributed by atoms with Crippen molar-refractivity contribution in [2.24, 2.45) is 0 Å². The lowest BCUT2D eigenvalue weighted by atomic mass is 10.1. The second-order valence-corrected chi connectivity index (χ2v) is 5.77. The van der Waals surface area contributed by atoms with Crippen LogP contribution in [0.15, 0.2) is 55.0 Å². The van der Waals surface area contributed by atoms with Crippen molar-refractivity contribution < 1.29 is 4.79 Å². The minimum absolute atomic E-state index is 0.176. The summed E-state index contributed by atoms with van der Waals surface area (Å²) in [4.78, 5) is 16.5. The van der Waals surface area contributed by atoms with Gasteiger partial charge in [-0.25, -0.2) is 4.68 Å². The normalized spacial score (nSPS) is 10.6. The summed E-state index contributed by atoms with van der Waals surface area (Å²) in [5.41, 5.74) is 3.04. The Morgan fingerprint density at radius 1 is 1.17 bits per heavy atom. The molecule has 0 aliphatic heterocycles. The summed E-state index contributed by atoms with van der Waals surface area (Å²) in [5.74, 6) is -0.176. The molecular formula is C18H17ClN4O. The Labute approximate surface area is 145 Å². The van der Waals surface area contributed by atoms with Gasteiger partial charge in [0.15, 0.2) is 0 Å². The molecule has 122 valence electrons. The first-order valence-electron chi connectivity index (χ1n) is 7.73. The Kier molecular flexibility index (Phi) is 4.91. The number of anilines is 1. The zero-order chi connectivity index (χ0) is 16.9. The molecular weight excluding hydrogens is 324 g/mol. The Bertz CT molecular complexity index is 828. The molecule has 6 heteroatoms. The van der Waals surface area contributed by atoms with Gasteiger partial charge in [-0.15, -0.1) is 0 Å². The highest BCUT2D eigenvalue weighted by Gasteiger charge is 2.18. The van der Waals surface area contributed by atoms with Crippen molar-refractivity contribution in [2.75, 3.05) is 5.32 Å². The topological polar surface area (TPSA) is 59.8 Å². The molecule has 24 heavy (non-hydrogen) atoms. The Balaban J connectivity index is 1.93. The molecule has 0 bridgehead atoms. The van der Waals surface area contributed by atoms with Crippen molar-refractivity contribution in [3.05, 3.63) is 71.3 Å². The van der Waals surface area contributed by atoms with E-state index in [1.165, 1.54) is 0 Å². The minimum atomic E-state index is -0.176. The second kappa shape index (κ2) is 7.27. The highest BCUT2D eigenvalue weighted by atomic mass is 35.5. The predicted molar refractivity (Wildman–Crippen MR) is 94.8 cm³/mol. The van der Waals surface area contributed by atoms with Gasteiger partial charge in [-0.3, -0.25) is 9.78 Å². The van der Waals surface area contributed by atoms with Gasteiger partial charge in [-0.2, -0.15) is 5.10 Å². The number of hydrogen-bond donors (Lipinski definition) is 1. The molecule has 0 atom stereocenters. The first-order valence-corrected chi connectivity index (χ1v) is 8.11. The van der Waals surface area contributed by atoms with Gasteiger partial charge in [0.1, 0.15) is 0 Å². The molecule has 0 aliphatic carbocycles. The van der Waals surface area contributed by atoms with E-state index < -0.39 is 0 Å². The second-order valence-electron chi connectivity index (χ2n) is 5.33. The van der Waals surface area contributed by atoms with Crippen molar-refractivity contribution in [3.8, 4) is 5.69 Å². The number of amides is 1. The molecule has 0 saturated heterocycles. The molecule has 3 aromatic rings. The van der Waals surface area contributed by atoms with Crippen LogP contribution in [0.3, 0.4) is 0 Å². The highest BCUT2D eigenvalue weighted by Crippen LogP contribution is 2.20. The molecule has 0 saturated carbocycles. The fourth-order valence-corrected chi connectivity index (χ4v) is 2.61. The Hall–Kier alpha value is -2.66. The lowest BCUT2D eigenvalue weighted by Gasteiger charge is -2.09. The number of nitrogens with zero attached hydrogens (tertiary/aromatic N) is 3. The summed E-state index contributed by atoms with van der Waals surface area (Å²) in [5, 5.41) is 7.94. The van der Waals surface area contributed by atoms with Gasteiger partial charge in [-0.05, 0) is 42.8 Å². The van der Waals surface area contributed by atoms with Gasteiger partial charge >= 0.3 is 0 Å². The lowest BCUT2D eigenvalue weighted by Crippen LogP contribution is -2.14. The predicted octanol–water partition coefficient (Wildman–Crippen LogP) is 4.13. The minimum Gasteiger partial charge on any atom is -0.322 e. The van der Waals surface area contributed by atoms with E-state index >= 15 is 0 Å². The van der Waals surface area contributed by atoms with E-state index in [1.807, 2.05) is 24.3 Å². The summed E-state index contributed by atoms with van der Waals surface area (Å²) in [6.45, 7) is 2.07. The van der Waals surface area contributed by atoms with Gasteiger partial charge < -0.3 is 5.32 Å². The third kappa shape index (κ3) is 3.46. The molecule has 0 radical (unpaired) electrons. The Morgan fingerprint density at radius 2 is 1.88 bits per heavy atom. The molecule has 1 amide bonds. The fraction of sp³-hybridized carbons (Fsp3) is 0.167. The summed E-state index contributed by atoms with van der Waals surface area (Å²) in [7, 11) is 0. The van der Waals surface area contributed by atoms with Crippen molar-refractivity contribution >= 4 is 23.2 Å². The highest BCUT2D eigenvalue weighted by molar-refractivity contribution is 6.30. The monoisotopic (exact) mass is 340 g/mol. The SMILES string of the molecule is CCCc1c(C(=O)Nc2ccncc2)cnn1-c1ccc(Cl)cc1. The van der Waals surface area contributed by atoms with E-state index in [9.17, 15) is 4.79 Å². The first kappa shape index (κ1) is 16.2. The van der Waals surface area contributed by atoms with Crippen LogP contribution in [0.5, 0.6) is 0 Å². The van der Waals surface area contributed by atoms with Crippen LogP contribution in [0.1, 0.15) is 29.4 Å². The summed E-state index contributed by atoms with van der Waals surface area (Å²) >= 11 is 5.95. The van der Waals surface area contributed by atoms with Crippen LogP contribution in [-0.4, -0.2) is 20.7 Å². The molecule has 3 rings (SSSR count). The van der Waals surface area contributed by atoms with Crippen molar-refractivity contribution in [2.45, 2.75) is 19.8 Å². The number of hydrogen-bond acceptors (Lipinski definition) is 3. The van der Waals surface area contributed by atoms with Crippen LogP contribution >= 0.6 is 11.6 Å². The number of halogens is 1. The molecule has 1 N–H and O–H groups in total. The van der Waals surface area contributed by atoms with Crippen molar-refractivity contribution in [1.29, 1.82) is 0 Å². The van der Waals surface area contributed by atoms with Gasteiger partial charge in [0.2, 0.25) is 0 Å². The molecule has 0 fully saturated rings. The zero-order valence-electron chi connectivity index (χ0n) is 13.2. The largest absolute Gasteiger partial charge is 0.322 e. The van der Waals surface area contributed by atoms with E-state index in [-0.39, 0.29) is 5.91 Å². The van der Waals surface area contributed by atoms with E-state index in [4.69, 9.17) is 11.6 Å². The molecule has 1 aromatic carbocycles. The standard InChI is InChI=1S/C18H17ClN4O/c1-2-3-17-16(18(24)22-14-8-10-20-11-9-14)12-21-23(17)15-6-4-13(19)5-7-15/h4-12H,2-3H2,1H3,(H,20,22,24).